The van der Waals surface area contributed by atoms with Crippen LogP contribution in [0.2, 0.25) is 0 Å². The molecule has 2 aliphatic carbocycles. The summed E-state index contributed by atoms with van der Waals surface area (Å²) in [7, 11) is 0. The lowest BCUT2D eigenvalue weighted by Gasteiger charge is -2.21. The van der Waals surface area contributed by atoms with Gasteiger partial charge < -0.3 is 10.1 Å². The summed E-state index contributed by atoms with van der Waals surface area (Å²) in [5.41, 5.74) is 1.43. The van der Waals surface area contributed by atoms with Gasteiger partial charge in [-0.2, -0.15) is 0 Å². The molecule has 0 aromatic heterocycles. The summed E-state index contributed by atoms with van der Waals surface area (Å²) in [4.78, 5) is 0. The molecule has 2 heteroatoms. The van der Waals surface area contributed by atoms with Gasteiger partial charge >= 0.3 is 0 Å². The number of fused-ring (bicyclic) bond motifs is 1. The van der Waals surface area contributed by atoms with Crippen molar-refractivity contribution in [2.75, 3.05) is 6.54 Å². The Bertz CT molecular complexity index is 429. The summed E-state index contributed by atoms with van der Waals surface area (Å²) in [5, 5.41) is 3.71. The monoisotopic (exact) mass is 273 g/mol. The van der Waals surface area contributed by atoms with E-state index in [9.17, 15) is 0 Å². The molecule has 0 spiro atoms. The van der Waals surface area contributed by atoms with E-state index >= 15 is 0 Å². The van der Waals surface area contributed by atoms with Crippen molar-refractivity contribution in [1.82, 2.24) is 5.32 Å². The predicted molar refractivity (Wildman–Crippen MR) is 82.9 cm³/mol. The maximum atomic E-state index is 5.74. The van der Waals surface area contributed by atoms with Gasteiger partial charge in [0.25, 0.3) is 0 Å². The number of rotatable bonds is 6. The number of ether oxygens (including phenoxy) is 1. The molecule has 2 fully saturated rings. The van der Waals surface area contributed by atoms with E-state index in [4.69, 9.17) is 4.74 Å². The van der Waals surface area contributed by atoms with E-state index in [0.29, 0.717) is 6.04 Å². The lowest BCUT2D eigenvalue weighted by Crippen LogP contribution is -2.24. The fourth-order valence-electron chi connectivity index (χ4n) is 4.09. The molecule has 0 saturated heterocycles. The number of benzene rings is 1. The first-order valence-corrected chi connectivity index (χ1v) is 8.20. The van der Waals surface area contributed by atoms with E-state index in [2.05, 4.69) is 50.4 Å². The zero-order valence-corrected chi connectivity index (χ0v) is 12.9. The maximum absolute atomic E-state index is 5.74. The summed E-state index contributed by atoms with van der Waals surface area (Å²) >= 11 is 0. The van der Waals surface area contributed by atoms with Crippen LogP contribution in [0.15, 0.2) is 24.3 Å². The molecule has 110 valence electrons. The lowest BCUT2D eigenvalue weighted by molar-refractivity contribution is 0.242. The highest BCUT2D eigenvalue weighted by Crippen LogP contribution is 2.62. The van der Waals surface area contributed by atoms with Crippen LogP contribution in [0.4, 0.5) is 0 Å². The van der Waals surface area contributed by atoms with Crippen LogP contribution in [0.1, 0.15) is 51.6 Å². The summed E-state index contributed by atoms with van der Waals surface area (Å²) in [5.74, 6) is 3.84. The first-order chi connectivity index (χ1) is 9.70. The Morgan fingerprint density at radius 1 is 1.15 bits per heavy atom. The molecule has 0 aliphatic heterocycles. The number of nitrogens with one attached hydrogen (secondary N) is 1. The molecule has 2 aliphatic rings. The first-order valence-electron chi connectivity index (χ1n) is 8.20. The van der Waals surface area contributed by atoms with Gasteiger partial charge in [-0.05, 0) is 68.7 Å². The highest BCUT2D eigenvalue weighted by Gasteiger charge is 2.55. The second kappa shape index (κ2) is 5.77. The molecule has 1 aromatic carbocycles. The molecule has 0 amide bonds. The standard InChI is InChI=1S/C18H27NO/c1-4-19-18(17-15-6-5-7-16(15)17)13-8-10-14(11-9-13)20-12(2)3/h8-12,15-19H,4-7H2,1-3H3. The highest BCUT2D eigenvalue weighted by atomic mass is 16.5. The number of hydrogen-bond acceptors (Lipinski definition) is 2. The van der Waals surface area contributed by atoms with Crippen molar-refractivity contribution >= 4 is 0 Å². The van der Waals surface area contributed by atoms with Crippen molar-refractivity contribution in [3.63, 3.8) is 0 Å². The molecule has 20 heavy (non-hydrogen) atoms. The van der Waals surface area contributed by atoms with E-state index in [-0.39, 0.29) is 6.10 Å². The van der Waals surface area contributed by atoms with Crippen LogP contribution in [0, 0.1) is 17.8 Å². The van der Waals surface area contributed by atoms with Crippen LogP contribution in [0.25, 0.3) is 0 Å². The first kappa shape index (κ1) is 13.9. The van der Waals surface area contributed by atoms with E-state index in [1.54, 1.807) is 0 Å². The van der Waals surface area contributed by atoms with Gasteiger partial charge in [-0.15, -0.1) is 0 Å². The summed E-state index contributed by atoms with van der Waals surface area (Å²) in [6.45, 7) is 7.40. The SMILES string of the molecule is CCNC(c1ccc(OC(C)C)cc1)C1C2CCCC21. The summed E-state index contributed by atoms with van der Waals surface area (Å²) in [6, 6.07) is 9.29. The highest BCUT2D eigenvalue weighted by molar-refractivity contribution is 5.31. The molecular formula is C18H27NO. The molecule has 2 saturated carbocycles. The Morgan fingerprint density at radius 2 is 1.80 bits per heavy atom. The largest absolute Gasteiger partial charge is 0.491 e. The van der Waals surface area contributed by atoms with E-state index < -0.39 is 0 Å². The normalized spacial score (nSPS) is 29.3. The maximum Gasteiger partial charge on any atom is 0.119 e. The van der Waals surface area contributed by atoms with Crippen LogP contribution < -0.4 is 10.1 Å². The second-order valence-electron chi connectivity index (χ2n) is 6.61. The Labute approximate surface area is 122 Å². The van der Waals surface area contributed by atoms with Crippen molar-refractivity contribution in [2.45, 2.75) is 52.2 Å². The molecule has 2 nitrogen and oxygen atoms in total. The van der Waals surface area contributed by atoms with Crippen LogP contribution in [-0.2, 0) is 0 Å². The van der Waals surface area contributed by atoms with Crippen molar-refractivity contribution < 1.29 is 4.74 Å². The molecule has 3 unspecified atom stereocenters. The number of hydrogen-bond donors (Lipinski definition) is 1. The van der Waals surface area contributed by atoms with Gasteiger partial charge in [0.2, 0.25) is 0 Å². The molecule has 1 aromatic rings. The Morgan fingerprint density at radius 3 is 2.35 bits per heavy atom. The fraction of sp³-hybridized carbons (Fsp3) is 0.667. The lowest BCUT2D eigenvalue weighted by atomic mass is 9.97. The van der Waals surface area contributed by atoms with Gasteiger partial charge in [0.1, 0.15) is 5.75 Å². The van der Waals surface area contributed by atoms with Crippen molar-refractivity contribution in [3.05, 3.63) is 29.8 Å². The van der Waals surface area contributed by atoms with Gasteiger partial charge in [0.05, 0.1) is 6.10 Å². The molecule has 3 atom stereocenters. The van der Waals surface area contributed by atoms with Gasteiger partial charge in [-0.1, -0.05) is 25.5 Å². The minimum atomic E-state index is 0.244. The molecule has 3 rings (SSSR count). The quantitative estimate of drug-likeness (QED) is 0.840. The van der Waals surface area contributed by atoms with Crippen molar-refractivity contribution in [3.8, 4) is 5.75 Å². The van der Waals surface area contributed by atoms with E-state index in [1.165, 1.54) is 24.8 Å². The third-order valence-corrected chi connectivity index (χ3v) is 4.89. The van der Waals surface area contributed by atoms with Crippen molar-refractivity contribution in [1.29, 1.82) is 0 Å². The minimum absolute atomic E-state index is 0.244. The molecule has 0 bridgehead atoms. The molecular weight excluding hydrogens is 246 g/mol. The third-order valence-electron chi connectivity index (χ3n) is 4.89. The van der Waals surface area contributed by atoms with Gasteiger partial charge in [-0.3, -0.25) is 0 Å². The van der Waals surface area contributed by atoms with Gasteiger partial charge in [0, 0.05) is 6.04 Å². The molecule has 0 heterocycles. The van der Waals surface area contributed by atoms with E-state index in [0.717, 1.165) is 30.0 Å². The third kappa shape index (κ3) is 2.71. The predicted octanol–water partition coefficient (Wildman–Crippen LogP) is 4.17. The molecule has 1 N–H and O–H groups in total. The van der Waals surface area contributed by atoms with E-state index in [1.807, 2.05) is 0 Å². The van der Waals surface area contributed by atoms with Crippen LogP contribution in [0.5, 0.6) is 5.75 Å². The smallest absolute Gasteiger partial charge is 0.119 e. The Kier molecular flexibility index (Phi) is 4.02. The van der Waals surface area contributed by atoms with Crippen molar-refractivity contribution in [2.24, 2.45) is 17.8 Å². The van der Waals surface area contributed by atoms with Gasteiger partial charge in [0.15, 0.2) is 0 Å². The fourth-order valence-corrected chi connectivity index (χ4v) is 4.09. The average Bonchev–Trinajstić information content (AvgIpc) is 2.88. The Hall–Kier alpha value is -1.02. The van der Waals surface area contributed by atoms with Crippen LogP contribution >= 0.6 is 0 Å². The molecule has 0 radical (unpaired) electrons. The topological polar surface area (TPSA) is 21.3 Å². The summed E-state index contributed by atoms with van der Waals surface area (Å²) < 4.78 is 5.74. The minimum Gasteiger partial charge on any atom is -0.491 e. The second-order valence-corrected chi connectivity index (χ2v) is 6.61. The summed E-state index contributed by atoms with van der Waals surface area (Å²) in [6.07, 6.45) is 4.59. The van der Waals surface area contributed by atoms with Crippen LogP contribution in [0.3, 0.4) is 0 Å². The van der Waals surface area contributed by atoms with Gasteiger partial charge in [-0.25, -0.2) is 0 Å². The average molecular weight is 273 g/mol. The zero-order chi connectivity index (χ0) is 14.1. The Balaban J connectivity index is 1.71. The zero-order valence-electron chi connectivity index (χ0n) is 12.9. The van der Waals surface area contributed by atoms with Crippen LogP contribution in [-0.4, -0.2) is 12.6 Å².